The first-order valence-electron chi connectivity index (χ1n) is 8.18. The monoisotopic (exact) mass is 423 g/mol. The number of hydrogen-bond donors (Lipinski definition) is 1. The van der Waals surface area contributed by atoms with Gasteiger partial charge in [-0.3, -0.25) is 4.99 Å². The van der Waals surface area contributed by atoms with Crippen molar-refractivity contribution in [3.05, 3.63) is 0 Å². The van der Waals surface area contributed by atoms with Crippen molar-refractivity contribution in [2.75, 3.05) is 40.5 Å². The fourth-order valence-corrected chi connectivity index (χ4v) is 4.30. The lowest BCUT2D eigenvalue weighted by Gasteiger charge is -2.55. The highest BCUT2D eigenvalue weighted by Gasteiger charge is 2.59. The molecule has 3 aliphatic rings. The van der Waals surface area contributed by atoms with Crippen LogP contribution in [0.3, 0.4) is 0 Å². The highest BCUT2D eigenvalue weighted by Crippen LogP contribution is 2.52. The Kier molecular flexibility index (Phi) is 5.99. The third-order valence-corrected chi connectivity index (χ3v) is 5.51. The Labute approximate surface area is 151 Å². The molecule has 4 unspecified atom stereocenters. The van der Waals surface area contributed by atoms with Crippen LogP contribution in [0.5, 0.6) is 0 Å². The normalized spacial score (nSPS) is 36.3. The maximum Gasteiger partial charge on any atom is 0.193 e. The van der Waals surface area contributed by atoms with Crippen LogP contribution >= 0.6 is 24.0 Å². The summed E-state index contributed by atoms with van der Waals surface area (Å²) in [6.45, 7) is 8.31. The molecule has 2 heterocycles. The fourth-order valence-electron chi connectivity index (χ4n) is 4.30. The second kappa shape index (κ2) is 7.21. The van der Waals surface area contributed by atoms with Crippen LogP contribution in [-0.4, -0.2) is 63.5 Å². The molecular formula is C16H30IN3O2. The molecule has 128 valence electrons. The summed E-state index contributed by atoms with van der Waals surface area (Å²) >= 11 is 0. The van der Waals surface area contributed by atoms with Gasteiger partial charge in [0.2, 0.25) is 0 Å². The zero-order valence-corrected chi connectivity index (χ0v) is 16.5. The summed E-state index contributed by atoms with van der Waals surface area (Å²) in [4.78, 5) is 6.73. The van der Waals surface area contributed by atoms with Crippen molar-refractivity contribution in [2.45, 2.75) is 38.8 Å². The molecule has 22 heavy (non-hydrogen) atoms. The number of hydrogen-bond acceptors (Lipinski definition) is 3. The topological polar surface area (TPSA) is 46.1 Å². The molecule has 0 radical (unpaired) electrons. The Morgan fingerprint density at radius 3 is 2.73 bits per heavy atom. The summed E-state index contributed by atoms with van der Waals surface area (Å²) in [5.41, 5.74) is 0.189. The molecule has 0 aromatic carbocycles. The molecule has 4 atom stereocenters. The molecule has 0 bridgehead atoms. The Balaban J connectivity index is 0.00000176. The number of fused-ring (bicyclic) bond motifs is 1. The number of ether oxygens (including phenoxy) is 2. The second-order valence-electron chi connectivity index (χ2n) is 7.34. The van der Waals surface area contributed by atoms with Crippen LogP contribution in [-0.2, 0) is 9.47 Å². The van der Waals surface area contributed by atoms with Crippen LogP contribution in [0.15, 0.2) is 4.99 Å². The number of guanidine groups is 1. The molecule has 1 saturated carbocycles. The maximum atomic E-state index is 5.87. The van der Waals surface area contributed by atoms with Gasteiger partial charge in [-0.05, 0) is 12.8 Å². The third kappa shape index (κ3) is 3.24. The van der Waals surface area contributed by atoms with Crippen molar-refractivity contribution >= 4 is 29.9 Å². The van der Waals surface area contributed by atoms with Gasteiger partial charge in [-0.15, -0.1) is 24.0 Å². The lowest BCUT2D eigenvalue weighted by Crippen LogP contribution is -2.68. The first kappa shape index (κ1) is 18.3. The molecule has 0 aromatic heterocycles. The van der Waals surface area contributed by atoms with Gasteiger partial charge in [-0.1, -0.05) is 13.8 Å². The third-order valence-electron chi connectivity index (χ3n) is 5.51. The molecule has 1 N–H and O–H groups in total. The molecule has 3 rings (SSSR count). The molecular weight excluding hydrogens is 393 g/mol. The average molecular weight is 423 g/mol. The van der Waals surface area contributed by atoms with E-state index in [0.717, 1.165) is 38.7 Å². The quantitative estimate of drug-likeness (QED) is 0.429. The lowest BCUT2D eigenvalue weighted by molar-refractivity contribution is -0.107. The van der Waals surface area contributed by atoms with E-state index in [2.05, 4.69) is 36.1 Å². The number of rotatable bonds is 3. The van der Waals surface area contributed by atoms with E-state index in [9.17, 15) is 0 Å². The molecule has 0 amide bonds. The van der Waals surface area contributed by atoms with Gasteiger partial charge in [0.15, 0.2) is 5.96 Å². The van der Waals surface area contributed by atoms with E-state index in [-0.39, 0.29) is 29.4 Å². The molecule has 5 nitrogen and oxygen atoms in total. The van der Waals surface area contributed by atoms with Crippen molar-refractivity contribution in [3.63, 3.8) is 0 Å². The van der Waals surface area contributed by atoms with Crippen LogP contribution in [0.2, 0.25) is 0 Å². The van der Waals surface area contributed by atoms with Crippen molar-refractivity contribution in [1.82, 2.24) is 10.2 Å². The van der Waals surface area contributed by atoms with Crippen LogP contribution < -0.4 is 5.32 Å². The van der Waals surface area contributed by atoms with Crippen molar-refractivity contribution in [1.29, 1.82) is 0 Å². The van der Waals surface area contributed by atoms with Gasteiger partial charge in [-0.2, -0.15) is 0 Å². The molecule has 3 fully saturated rings. The van der Waals surface area contributed by atoms with Crippen LogP contribution in [0.4, 0.5) is 0 Å². The van der Waals surface area contributed by atoms with E-state index in [1.165, 1.54) is 6.42 Å². The van der Waals surface area contributed by atoms with E-state index in [0.29, 0.717) is 24.0 Å². The van der Waals surface area contributed by atoms with Crippen molar-refractivity contribution in [3.8, 4) is 0 Å². The van der Waals surface area contributed by atoms with E-state index in [1.807, 2.05) is 7.05 Å². The first-order chi connectivity index (χ1) is 10.0. The van der Waals surface area contributed by atoms with Gasteiger partial charge in [0, 0.05) is 57.1 Å². The van der Waals surface area contributed by atoms with Gasteiger partial charge >= 0.3 is 0 Å². The van der Waals surface area contributed by atoms with Crippen molar-refractivity contribution in [2.24, 2.45) is 22.2 Å². The molecule has 2 saturated heterocycles. The van der Waals surface area contributed by atoms with Crippen molar-refractivity contribution < 1.29 is 9.47 Å². The Morgan fingerprint density at radius 1 is 1.32 bits per heavy atom. The summed E-state index contributed by atoms with van der Waals surface area (Å²) in [6, 6.07) is 0.464. The zero-order chi connectivity index (χ0) is 15.0. The maximum absolute atomic E-state index is 5.87. The minimum absolute atomic E-state index is 0. The largest absolute Gasteiger partial charge is 0.381 e. The van der Waals surface area contributed by atoms with Gasteiger partial charge in [0.1, 0.15) is 0 Å². The molecule has 6 heteroatoms. The van der Waals surface area contributed by atoms with Crippen LogP contribution in [0.25, 0.3) is 0 Å². The predicted octanol–water partition coefficient (Wildman–Crippen LogP) is 1.96. The number of nitrogens with zero attached hydrogens (tertiary/aromatic N) is 2. The molecule has 2 aliphatic heterocycles. The Morgan fingerprint density at radius 2 is 2.09 bits per heavy atom. The number of aliphatic imine (C=N–C) groups is 1. The zero-order valence-electron chi connectivity index (χ0n) is 14.2. The summed E-state index contributed by atoms with van der Waals surface area (Å²) in [5.74, 6) is 2.27. The van der Waals surface area contributed by atoms with Crippen LogP contribution in [0.1, 0.15) is 26.7 Å². The first-order valence-corrected chi connectivity index (χ1v) is 8.18. The smallest absolute Gasteiger partial charge is 0.193 e. The molecule has 0 spiro atoms. The van der Waals surface area contributed by atoms with Gasteiger partial charge in [0.05, 0.1) is 12.7 Å². The second-order valence-corrected chi connectivity index (χ2v) is 7.34. The molecule has 0 aromatic rings. The number of halogens is 1. The van der Waals surface area contributed by atoms with Gasteiger partial charge < -0.3 is 19.7 Å². The SMILES string of the molecule is CN=C(NC1C2CCOC2C1(C)C)N(C)CC1CCOC1.I. The standard InChI is InChI=1S/C16H29N3O2.HI/c1-16(2)13(12-6-8-21-14(12)16)18-15(17-3)19(4)9-11-5-7-20-10-11;/h11-14H,5-10H2,1-4H3,(H,17,18);1H. The van der Waals surface area contributed by atoms with E-state index in [1.54, 1.807) is 0 Å². The predicted molar refractivity (Wildman–Crippen MR) is 98.9 cm³/mol. The Bertz CT molecular complexity index is 410. The fraction of sp³-hybridized carbons (Fsp3) is 0.938. The lowest BCUT2D eigenvalue weighted by atomic mass is 9.57. The highest BCUT2D eigenvalue weighted by molar-refractivity contribution is 14.0. The van der Waals surface area contributed by atoms with Crippen LogP contribution in [0, 0.1) is 17.3 Å². The van der Waals surface area contributed by atoms with E-state index < -0.39 is 0 Å². The summed E-state index contributed by atoms with van der Waals surface area (Å²) in [5, 5.41) is 3.69. The summed E-state index contributed by atoms with van der Waals surface area (Å²) in [6.07, 6.45) is 2.75. The Hall–Kier alpha value is -0.0800. The summed E-state index contributed by atoms with van der Waals surface area (Å²) < 4.78 is 11.3. The molecule has 1 aliphatic carbocycles. The average Bonchev–Trinajstić information content (AvgIpc) is 3.09. The van der Waals surface area contributed by atoms with Gasteiger partial charge in [-0.25, -0.2) is 0 Å². The minimum Gasteiger partial charge on any atom is -0.381 e. The van der Waals surface area contributed by atoms with E-state index in [4.69, 9.17) is 9.47 Å². The van der Waals surface area contributed by atoms with E-state index >= 15 is 0 Å². The minimum atomic E-state index is 0. The summed E-state index contributed by atoms with van der Waals surface area (Å²) in [7, 11) is 4.00. The number of nitrogens with one attached hydrogen (secondary N) is 1. The van der Waals surface area contributed by atoms with Gasteiger partial charge in [0.25, 0.3) is 0 Å². The highest BCUT2D eigenvalue weighted by atomic mass is 127.